The van der Waals surface area contributed by atoms with Crippen LogP contribution in [0.5, 0.6) is 0 Å². The van der Waals surface area contributed by atoms with Crippen LogP contribution < -0.4 is 5.32 Å². The molecule has 0 saturated carbocycles. The van der Waals surface area contributed by atoms with Crippen molar-refractivity contribution in [1.82, 2.24) is 5.32 Å². The fraction of sp³-hybridized carbons (Fsp3) is 0.750. The van der Waals surface area contributed by atoms with E-state index in [0.717, 1.165) is 0 Å². The number of hydrogen-bond donors (Lipinski definition) is 2. The van der Waals surface area contributed by atoms with Crippen LogP contribution in [-0.2, 0) is 4.79 Å². The highest BCUT2D eigenvalue weighted by molar-refractivity contribution is 5.78. The van der Waals surface area contributed by atoms with Gasteiger partial charge in [-0.1, -0.05) is 13.8 Å². The van der Waals surface area contributed by atoms with Crippen LogP contribution in [-0.4, -0.2) is 23.2 Å². The Labute approximate surface area is 72.2 Å². The SMILES string of the molecule is CC(C)C(C)(C#N)NC(=O)CO. The Morgan fingerprint density at radius 3 is 2.50 bits per heavy atom. The monoisotopic (exact) mass is 170 g/mol. The number of nitriles is 1. The van der Waals surface area contributed by atoms with E-state index in [-0.39, 0.29) is 5.92 Å². The second-order valence-electron chi connectivity index (χ2n) is 3.18. The zero-order valence-electron chi connectivity index (χ0n) is 7.59. The summed E-state index contributed by atoms with van der Waals surface area (Å²) in [5, 5.41) is 19.6. The Bertz CT molecular complexity index is 208. The molecule has 0 aliphatic heterocycles. The molecule has 0 spiro atoms. The molecule has 68 valence electrons. The number of amides is 1. The van der Waals surface area contributed by atoms with Crippen LogP contribution in [0.4, 0.5) is 0 Å². The van der Waals surface area contributed by atoms with Crippen molar-refractivity contribution in [2.75, 3.05) is 6.61 Å². The summed E-state index contributed by atoms with van der Waals surface area (Å²) < 4.78 is 0. The fourth-order valence-electron chi connectivity index (χ4n) is 0.631. The van der Waals surface area contributed by atoms with Crippen LogP contribution in [0.25, 0.3) is 0 Å². The van der Waals surface area contributed by atoms with Crippen molar-refractivity contribution in [1.29, 1.82) is 5.26 Å². The van der Waals surface area contributed by atoms with Crippen LogP contribution in [0.1, 0.15) is 20.8 Å². The van der Waals surface area contributed by atoms with Crippen molar-refractivity contribution in [2.24, 2.45) is 5.92 Å². The lowest BCUT2D eigenvalue weighted by Crippen LogP contribution is -2.49. The molecule has 1 amide bonds. The first kappa shape index (κ1) is 10.9. The lowest BCUT2D eigenvalue weighted by Gasteiger charge is -2.26. The van der Waals surface area contributed by atoms with Gasteiger partial charge in [-0.15, -0.1) is 0 Å². The number of rotatable bonds is 3. The predicted molar refractivity (Wildman–Crippen MR) is 44.1 cm³/mol. The quantitative estimate of drug-likeness (QED) is 0.627. The second-order valence-corrected chi connectivity index (χ2v) is 3.18. The molecule has 1 atom stereocenters. The van der Waals surface area contributed by atoms with Crippen LogP contribution in [0.2, 0.25) is 0 Å². The molecule has 0 saturated heterocycles. The maximum absolute atomic E-state index is 10.8. The van der Waals surface area contributed by atoms with Crippen LogP contribution in [0.15, 0.2) is 0 Å². The minimum absolute atomic E-state index is 0.0120. The van der Waals surface area contributed by atoms with Gasteiger partial charge in [-0.2, -0.15) is 5.26 Å². The number of aliphatic hydroxyl groups is 1. The molecule has 0 bridgehead atoms. The molecule has 0 aliphatic rings. The lowest BCUT2D eigenvalue weighted by atomic mass is 9.90. The first-order chi connectivity index (χ1) is 5.46. The number of aliphatic hydroxyl groups excluding tert-OH is 1. The molecular formula is C8H14N2O2. The maximum atomic E-state index is 10.8. The summed E-state index contributed by atoms with van der Waals surface area (Å²) in [6, 6.07) is 2.00. The topological polar surface area (TPSA) is 73.1 Å². The van der Waals surface area contributed by atoms with Gasteiger partial charge in [0.05, 0.1) is 6.07 Å². The predicted octanol–water partition coefficient (Wildman–Crippen LogP) is 0.0332. The zero-order chi connectivity index (χ0) is 9.78. The van der Waals surface area contributed by atoms with Gasteiger partial charge in [0, 0.05) is 0 Å². The van der Waals surface area contributed by atoms with Crippen LogP contribution in [0.3, 0.4) is 0 Å². The van der Waals surface area contributed by atoms with Gasteiger partial charge >= 0.3 is 0 Å². The molecule has 0 aliphatic carbocycles. The van der Waals surface area contributed by atoms with E-state index >= 15 is 0 Å². The van der Waals surface area contributed by atoms with E-state index in [2.05, 4.69) is 5.32 Å². The number of hydrogen-bond acceptors (Lipinski definition) is 3. The standard InChI is InChI=1S/C8H14N2O2/c1-6(2)8(3,5-9)10-7(12)4-11/h6,11H,4H2,1-3H3,(H,10,12). The third-order valence-corrected chi connectivity index (χ3v) is 1.93. The van der Waals surface area contributed by atoms with Gasteiger partial charge in [0.15, 0.2) is 0 Å². The van der Waals surface area contributed by atoms with Crippen molar-refractivity contribution in [3.05, 3.63) is 0 Å². The molecule has 1 unspecified atom stereocenters. The minimum Gasteiger partial charge on any atom is -0.387 e. The van der Waals surface area contributed by atoms with Crippen molar-refractivity contribution in [3.63, 3.8) is 0 Å². The normalized spacial score (nSPS) is 15.0. The van der Waals surface area contributed by atoms with Gasteiger partial charge < -0.3 is 10.4 Å². The summed E-state index contributed by atoms with van der Waals surface area (Å²) in [7, 11) is 0. The summed E-state index contributed by atoms with van der Waals surface area (Å²) in [6.07, 6.45) is 0. The van der Waals surface area contributed by atoms with E-state index in [0.29, 0.717) is 0 Å². The molecule has 0 aromatic rings. The average Bonchev–Trinajstić information content (AvgIpc) is 2.03. The molecule has 12 heavy (non-hydrogen) atoms. The number of nitrogens with zero attached hydrogens (tertiary/aromatic N) is 1. The van der Waals surface area contributed by atoms with E-state index < -0.39 is 18.1 Å². The van der Waals surface area contributed by atoms with Gasteiger partial charge in [-0.25, -0.2) is 0 Å². The molecule has 0 rings (SSSR count). The molecule has 4 heteroatoms. The smallest absolute Gasteiger partial charge is 0.246 e. The van der Waals surface area contributed by atoms with Gasteiger partial charge in [0.25, 0.3) is 0 Å². The van der Waals surface area contributed by atoms with Crippen LogP contribution >= 0.6 is 0 Å². The Hall–Kier alpha value is -1.08. The summed E-state index contributed by atoms with van der Waals surface area (Å²) >= 11 is 0. The van der Waals surface area contributed by atoms with Crippen molar-refractivity contribution in [3.8, 4) is 6.07 Å². The molecule has 0 aromatic heterocycles. The summed E-state index contributed by atoms with van der Waals surface area (Å²) in [5.74, 6) is -0.509. The largest absolute Gasteiger partial charge is 0.387 e. The number of carbonyl (C=O) groups is 1. The Morgan fingerprint density at radius 1 is 1.75 bits per heavy atom. The van der Waals surface area contributed by atoms with E-state index in [1.165, 1.54) is 0 Å². The Balaban J connectivity index is 4.37. The third-order valence-electron chi connectivity index (χ3n) is 1.93. The molecule has 0 radical (unpaired) electrons. The first-order valence-corrected chi connectivity index (χ1v) is 3.79. The molecular weight excluding hydrogens is 156 g/mol. The van der Waals surface area contributed by atoms with Crippen molar-refractivity contribution < 1.29 is 9.90 Å². The van der Waals surface area contributed by atoms with Gasteiger partial charge in [-0.05, 0) is 12.8 Å². The Morgan fingerprint density at radius 2 is 2.25 bits per heavy atom. The Kier molecular flexibility index (Phi) is 3.71. The van der Waals surface area contributed by atoms with E-state index in [1.807, 2.05) is 19.9 Å². The second kappa shape index (κ2) is 4.07. The first-order valence-electron chi connectivity index (χ1n) is 3.79. The average molecular weight is 170 g/mol. The number of carbonyl (C=O) groups excluding carboxylic acids is 1. The minimum atomic E-state index is -0.889. The van der Waals surface area contributed by atoms with E-state index in [1.54, 1.807) is 6.92 Å². The van der Waals surface area contributed by atoms with Gasteiger partial charge in [0.2, 0.25) is 5.91 Å². The maximum Gasteiger partial charge on any atom is 0.246 e. The number of nitrogens with one attached hydrogen (secondary N) is 1. The summed E-state index contributed by atoms with van der Waals surface area (Å²) in [6.45, 7) is 4.72. The highest BCUT2D eigenvalue weighted by atomic mass is 16.3. The third kappa shape index (κ3) is 2.51. The van der Waals surface area contributed by atoms with Gasteiger partial charge in [0.1, 0.15) is 12.1 Å². The lowest BCUT2D eigenvalue weighted by molar-refractivity contribution is -0.125. The van der Waals surface area contributed by atoms with E-state index in [9.17, 15) is 4.79 Å². The molecule has 2 N–H and O–H groups in total. The van der Waals surface area contributed by atoms with E-state index in [4.69, 9.17) is 10.4 Å². The molecule has 4 nitrogen and oxygen atoms in total. The van der Waals surface area contributed by atoms with Crippen molar-refractivity contribution >= 4 is 5.91 Å². The highest BCUT2D eigenvalue weighted by Crippen LogP contribution is 2.14. The summed E-state index contributed by atoms with van der Waals surface area (Å²) in [5.41, 5.74) is -0.889. The van der Waals surface area contributed by atoms with Gasteiger partial charge in [-0.3, -0.25) is 4.79 Å². The van der Waals surface area contributed by atoms with Crippen molar-refractivity contribution in [2.45, 2.75) is 26.3 Å². The molecule has 0 fully saturated rings. The molecule has 0 aromatic carbocycles. The fourth-order valence-corrected chi connectivity index (χ4v) is 0.631. The summed E-state index contributed by atoms with van der Waals surface area (Å²) in [4.78, 5) is 10.8. The van der Waals surface area contributed by atoms with Crippen LogP contribution in [0, 0.1) is 17.2 Å². The highest BCUT2D eigenvalue weighted by Gasteiger charge is 2.29. The molecule has 0 heterocycles. The zero-order valence-corrected chi connectivity index (χ0v) is 7.59.